The predicted molar refractivity (Wildman–Crippen MR) is 57.9 cm³/mol. The lowest BCUT2D eigenvalue weighted by Crippen LogP contribution is -2.11. The van der Waals surface area contributed by atoms with Crippen molar-refractivity contribution in [1.29, 1.82) is 0 Å². The second kappa shape index (κ2) is 4.07. The van der Waals surface area contributed by atoms with Gasteiger partial charge in [0.2, 0.25) is 0 Å². The highest BCUT2D eigenvalue weighted by atomic mass is 127. The highest BCUT2D eigenvalue weighted by Gasteiger charge is 2.04. The molecule has 0 saturated heterocycles. The van der Waals surface area contributed by atoms with Gasteiger partial charge in [0.1, 0.15) is 5.82 Å². The van der Waals surface area contributed by atoms with Crippen LogP contribution in [0.1, 0.15) is 13.8 Å². The van der Waals surface area contributed by atoms with E-state index in [1.165, 1.54) is 6.07 Å². The summed E-state index contributed by atoms with van der Waals surface area (Å²) >= 11 is 2.00. The molecule has 0 atom stereocenters. The first-order valence-electron chi connectivity index (χ1n) is 3.82. The van der Waals surface area contributed by atoms with Crippen LogP contribution in [0, 0.1) is 9.39 Å². The van der Waals surface area contributed by atoms with E-state index in [-0.39, 0.29) is 5.82 Å². The molecule has 0 radical (unpaired) electrons. The van der Waals surface area contributed by atoms with Crippen LogP contribution < -0.4 is 5.32 Å². The van der Waals surface area contributed by atoms with Crippen molar-refractivity contribution >= 4 is 28.3 Å². The summed E-state index contributed by atoms with van der Waals surface area (Å²) in [5.41, 5.74) is 0.866. The molecular formula is C9H11FIN. The highest BCUT2D eigenvalue weighted by molar-refractivity contribution is 14.1. The minimum atomic E-state index is -0.166. The van der Waals surface area contributed by atoms with Crippen molar-refractivity contribution in [3.63, 3.8) is 0 Å². The van der Waals surface area contributed by atoms with Crippen molar-refractivity contribution in [3.05, 3.63) is 27.6 Å². The molecule has 66 valence electrons. The van der Waals surface area contributed by atoms with Gasteiger partial charge in [0.25, 0.3) is 0 Å². The van der Waals surface area contributed by atoms with E-state index in [9.17, 15) is 4.39 Å². The zero-order valence-electron chi connectivity index (χ0n) is 7.07. The first-order valence-corrected chi connectivity index (χ1v) is 4.89. The van der Waals surface area contributed by atoms with E-state index in [2.05, 4.69) is 5.32 Å². The molecule has 0 bridgehead atoms. The molecule has 0 amide bonds. The van der Waals surface area contributed by atoms with Crippen LogP contribution in [0.2, 0.25) is 0 Å². The van der Waals surface area contributed by atoms with Crippen LogP contribution in [0.5, 0.6) is 0 Å². The molecule has 0 unspecified atom stereocenters. The minimum Gasteiger partial charge on any atom is -0.382 e. The van der Waals surface area contributed by atoms with Gasteiger partial charge < -0.3 is 5.32 Å². The Labute approximate surface area is 85.5 Å². The maximum atomic E-state index is 13.0. The Morgan fingerprint density at radius 2 is 2.08 bits per heavy atom. The second-order valence-corrected chi connectivity index (χ2v) is 3.98. The molecule has 0 saturated carbocycles. The molecule has 3 heteroatoms. The molecule has 0 aromatic heterocycles. The first kappa shape index (κ1) is 9.77. The molecule has 0 fully saturated rings. The third-order valence-corrected chi connectivity index (χ3v) is 2.49. The van der Waals surface area contributed by atoms with Gasteiger partial charge in [0.05, 0.1) is 9.26 Å². The smallest absolute Gasteiger partial charge is 0.138 e. The fraction of sp³-hybridized carbons (Fsp3) is 0.333. The van der Waals surface area contributed by atoms with Gasteiger partial charge in [0.15, 0.2) is 0 Å². The summed E-state index contributed by atoms with van der Waals surface area (Å²) in [4.78, 5) is 0. The normalized spacial score (nSPS) is 10.4. The number of nitrogens with one attached hydrogen (secondary N) is 1. The van der Waals surface area contributed by atoms with E-state index >= 15 is 0 Å². The van der Waals surface area contributed by atoms with Crippen molar-refractivity contribution in [2.45, 2.75) is 19.9 Å². The van der Waals surface area contributed by atoms with E-state index < -0.39 is 0 Å². The van der Waals surface area contributed by atoms with Crippen LogP contribution in [-0.4, -0.2) is 6.04 Å². The predicted octanol–water partition coefficient (Wildman–Crippen LogP) is 3.25. The molecule has 0 aliphatic carbocycles. The summed E-state index contributed by atoms with van der Waals surface area (Å²) in [7, 11) is 0. The molecule has 0 spiro atoms. The van der Waals surface area contributed by atoms with Crippen LogP contribution in [0.15, 0.2) is 18.2 Å². The van der Waals surface area contributed by atoms with Crippen LogP contribution in [0.3, 0.4) is 0 Å². The SMILES string of the molecule is CC(C)Nc1cccc(F)c1I. The Hall–Kier alpha value is -0.320. The Balaban J connectivity index is 2.92. The molecule has 1 aromatic carbocycles. The lowest BCUT2D eigenvalue weighted by molar-refractivity contribution is 0.620. The van der Waals surface area contributed by atoms with E-state index in [0.717, 1.165) is 5.69 Å². The van der Waals surface area contributed by atoms with Crippen LogP contribution in [0.25, 0.3) is 0 Å². The lowest BCUT2D eigenvalue weighted by Gasteiger charge is -2.11. The molecule has 0 aliphatic rings. The van der Waals surface area contributed by atoms with Crippen LogP contribution in [-0.2, 0) is 0 Å². The van der Waals surface area contributed by atoms with Crippen LogP contribution in [0.4, 0.5) is 10.1 Å². The number of rotatable bonds is 2. The zero-order valence-corrected chi connectivity index (χ0v) is 9.22. The number of halogens is 2. The van der Waals surface area contributed by atoms with Gasteiger partial charge in [-0.2, -0.15) is 0 Å². The summed E-state index contributed by atoms with van der Waals surface area (Å²) < 4.78 is 13.6. The quantitative estimate of drug-likeness (QED) is 0.819. The third-order valence-electron chi connectivity index (χ3n) is 1.40. The molecular weight excluding hydrogens is 268 g/mol. The molecule has 1 rings (SSSR count). The summed E-state index contributed by atoms with van der Waals surface area (Å²) in [6, 6.07) is 5.39. The highest BCUT2D eigenvalue weighted by Crippen LogP contribution is 2.21. The number of hydrogen-bond acceptors (Lipinski definition) is 1. The largest absolute Gasteiger partial charge is 0.382 e. The molecule has 1 nitrogen and oxygen atoms in total. The van der Waals surface area contributed by atoms with Gasteiger partial charge in [-0.1, -0.05) is 6.07 Å². The summed E-state index contributed by atoms with van der Waals surface area (Å²) in [6.07, 6.45) is 0. The van der Waals surface area contributed by atoms with Gasteiger partial charge in [0, 0.05) is 6.04 Å². The second-order valence-electron chi connectivity index (χ2n) is 2.90. The maximum Gasteiger partial charge on any atom is 0.138 e. The Kier molecular flexibility index (Phi) is 3.31. The number of anilines is 1. The average Bonchev–Trinajstić information content (AvgIpc) is 1.98. The first-order chi connectivity index (χ1) is 5.61. The summed E-state index contributed by atoms with van der Waals surface area (Å²) in [6.45, 7) is 4.06. The molecule has 1 N–H and O–H groups in total. The Morgan fingerprint density at radius 1 is 1.42 bits per heavy atom. The molecule has 0 aliphatic heterocycles. The van der Waals surface area contributed by atoms with Crippen LogP contribution >= 0.6 is 22.6 Å². The van der Waals surface area contributed by atoms with Crippen molar-refractivity contribution in [1.82, 2.24) is 0 Å². The average molecular weight is 279 g/mol. The van der Waals surface area contributed by atoms with E-state index in [1.807, 2.05) is 42.5 Å². The van der Waals surface area contributed by atoms with Crippen molar-refractivity contribution < 1.29 is 4.39 Å². The van der Waals surface area contributed by atoms with Crippen molar-refractivity contribution in [2.75, 3.05) is 5.32 Å². The van der Waals surface area contributed by atoms with Gasteiger partial charge in [-0.05, 0) is 48.6 Å². The van der Waals surface area contributed by atoms with Gasteiger partial charge in [-0.25, -0.2) is 4.39 Å². The maximum absolute atomic E-state index is 13.0. The van der Waals surface area contributed by atoms with Crippen molar-refractivity contribution in [2.24, 2.45) is 0 Å². The van der Waals surface area contributed by atoms with E-state index in [4.69, 9.17) is 0 Å². The van der Waals surface area contributed by atoms with Gasteiger partial charge in [-0.3, -0.25) is 0 Å². The fourth-order valence-corrected chi connectivity index (χ4v) is 1.44. The number of benzene rings is 1. The Bertz CT molecular complexity index is 273. The van der Waals surface area contributed by atoms with E-state index in [1.54, 1.807) is 6.07 Å². The lowest BCUT2D eigenvalue weighted by atomic mass is 10.3. The fourth-order valence-electron chi connectivity index (χ4n) is 0.926. The third kappa shape index (κ3) is 2.33. The zero-order chi connectivity index (χ0) is 9.14. The summed E-state index contributed by atoms with van der Waals surface area (Å²) in [5, 5.41) is 3.17. The monoisotopic (exact) mass is 279 g/mol. The minimum absolute atomic E-state index is 0.166. The van der Waals surface area contributed by atoms with Crippen molar-refractivity contribution in [3.8, 4) is 0 Å². The summed E-state index contributed by atoms with van der Waals surface area (Å²) in [5.74, 6) is -0.166. The molecule has 12 heavy (non-hydrogen) atoms. The van der Waals surface area contributed by atoms with E-state index in [0.29, 0.717) is 9.61 Å². The topological polar surface area (TPSA) is 12.0 Å². The Morgan fingerprint density at radius 3 is 2.67 bits per heavy atom. The van der Waals surface area contributed by atoms with Gasteiger partial charge in [-0.15, -0.1) is 0 Å². The molecule has 0 heterocycles. The number of hydrogen-bond donors (Lipinski definition) is 1. The standard InChI is InChI=1S/C9H11FIN/c1-6(2)12-8-5-3-4-7(10)9(8)11/h3-6,12H,1-2H3. The van der Waals surface area contributed by atoms with Gasteiger partial charge >= 0.3 is 0 Å². The molecule has 1 aromatic rings.